The number of nitrogens with zero attached hydrogens (tertiary/aromatic N) is 2. The van der Waals surface area contributed by atoms with Gasteiger partial charge in [0.15, 0.2) is 7.05 Å². The van der Waals surface area contributed by atoms with Crippen molar-refractivity contribution in [3.8, 4) is 6.07 Å². The topological polar surface area (TPSA) is 66.9 Å². The molecule has 0 N–H and O–H groups in total. The highest BCUT2D eigenvalue weighted by atomic mass is 79.9. The van der Waals surface area contributed by atoms with Crippen LogP contribution in [0, 0.1) is 97.6 Å². The first-order valence-electron chi connectivity index (χ1n) is 38.6. The first kappa shape index (κ1) is 126. The third kappa shape index (κ3) is 112. The molecule has 0 aliphatic rings. The van der Waals surface area contributed by atoms with Crippen molar-refractivity contribution in [3.05, 3.63) is 393 Å². The molecule has 652 valence electrons. The molecule has 12 rings (SSSR count). The van der Waals surface area contributed by atoms with E-state index in [0.29, 0.717) is 7.18 Å². The molecule has 4 nitrogen and oxygen atoms in total. The zero-order valence-corrected chi connectivity index (χ0v) is 77.2. The van der Waals surface area contributed by atoms with E-state index in [2.05, 4.69) is 326 Å². The van der Waals surface area contributed by atoms with Gasteiger partial charge >= 0.3 is 18.5 Å². The Hall–Kier alpha value is -9.88. The average molecular weight is 1730 g/mol. The highest BCUT2D eigenvalue weighted by molar-refractivity contribution is 9.08. The first-order chi connectivity index (χ1) is 55.8. The monoisotopic (exact) mass is 1730 g/mol. The van der Waals surface area contributed by atoms with E-state index in [1.165, 1.54) is 122 Å². The van der Waals surface area contributed by atoms with Gasteiger partial charge < -0.3 is 0 Å². The third-order valence-electron chi connectivity index (χ3n) is 12.8. The molecule has 0 amide bonds. The minimum atomic E-state index is -4.00. The Labute approximate surface area is 720 Å². The fourth-order valence-electron chi connectivity index (χ4n) is 7.43. The molecule has 0 fully saturated rings. The van der Waals surface area contributed by atoms with Crippen molar-refractivity contribution in [2.75, 3.05) is 26.4 Å². The van der Waals surface area contributed by atoms with E-state index in [1.54, 1.807) is 6.07 Å². The van der Waals surface area contributed by atoms with Crippen molar-refractivity contribution < 1.29 is 48.8 Å². The number of aryl methyl sites for hydroxylation is 11. The molecule has 0 atom stereocenters. The minimum absolute atomic E-state index is 0.188. The van der Waals surface area contributed by atoms with Gasteiger partial charge in [-0.15, -0.1) is 11.6 Å². The molecule has 0 saturated carbocycles. The number of unbranched alkanes of at least 4 members (excludes halogenated alkanes) is 2. The summed E-state index contributed by atoms with van der Waals surface area (Å²) < 4.78 is 104. The molecular formula is C102H138BrClF10N2O2. The fourth-order valence-corrected chi connectivity index (χ4v) is 7.43. The second-order valence-corrected chi connectivity index (χ2v) is 24.6. The van der Waals surface area contributed by atoms with Crippen LogP contribution in [-0.2, 0) is 0 Å². The Morgan fingerprint density at radius 1 is 0.347 bits per heavy atom. The summed E-state index contributed by atoms with van der Waals surface area (Å²) in [5, 5.41) is 21.5. The van der Waals surface area contributed by atoms with Crippen LogP contribution >= 0.6 is 27.5 Å². The Balaban J connectivity index is -0.000000153. The summed E-state index contributed by atoms with van der Waals surface area (Å²) in [6.45, 7) is 38.6. The summed E-state index contributed by atoms with van der Waals surface area (Å²) in [5.74, 6) is 1.81. The SMILES string of the molecule is CBr.CC.CC#N.CC(F)(F)F.CC(F)(F)F.CCC.CCC(F)(F)F.CCCCC.CCl.CF.C[N+](=O)[O-].Cc1ccc(C)cc1.Cc1ccc2ccccc2c1.Cc1cccc2ccccc12.Cc1ccccc1.Cc1ccccc1.Cc1ccccc1.Cc1ccccc1.Cc1ccccc1.Cc1ccccc1.Cc1ccccc1. The molecule has 0 saturated heterocycles. The van der Waals surface area contributed by atoms with Crippen LogP contribution in [0.4, 0.5) is 43.9 Å². The number of halogens is 12. The number of nitriles is 1. The van der Waals surface area contributed by atoms with Crippen LogP contribution in [-0.4, -0.2) is 49.9 Å². The molecule has 12 aromatic carbocycles. The van der Waals surface area contributed by atoms with Crippen molar-refractivity contribution in [1.82, 2.24) is 0 Å². The van der Waals surface area contributed by atoms with Crippen molar-refractivity contribution in [2.24, 2.45) is 0 Å². The van der Waals surface area contributed by atoms with Gasteiger partial charge in [0.25, 0.3) is 0 Å². The Bertz CT molecular complexity index is 3590. The van der Waals surface area contributed by atoms with E-state index in [4.69, 9.17) is 15.4 Å². The van der Waals surface area contributed by atoms with E-state index in [-0.39, 0.29) is 13.8 Å². The fraction of sp³-hybridized carbons (Fsp3) is 0.324. The Kier molecular flexibility index (Phi) is 97.4. The Morgan fingerprint density at radius 2 is 0.517 bits per heavy atom. The van der Waals surface area contributed by atoms with Gasteiger partial charge in [0.1, 0.15) is 0 Å². The second-order valence-electron chi connectivity index (χ2n) is 24.6. The summed E-state index contributed by atoms with van der Waals surface area (Å²) in [6.07, 6.45) is -5.89. The molecule has 0 radical (unpaired) electrons. The summed E-state index contributed by atoms with van der Waals surface area (Å²) in [6, 6.07) is 112. The standard InChI is InChI=1S/2C11H10.C8H10.7C7H8.C5H12.C3H5F3.C3H8.2C2H3F3.C2H3N.C2H6.CH3Br.CH3Cl.CH3F.CH3NO2/c1-9-5-4-7-10-6-2-3-8-11(9)10;1-9-6-7-10-4-2-3-5-11(10)8-9;1-7-3-5-8(2)6-4-7;7*1-7-5-3-2-4-6-7;1-3-5-4-2;1-2-3(4,5)6;1-3-2;2*1-2(3,4)5;1-2-3;4*1-2;1-2(3)4/h2*2-8H,1H3;3-6H,1-2H3;7*2-6H,1H3;3-5H2,1-2H3;2H2,1H3;3H2,1-2H3;2*1H3;1H3;1-2H3;3*1H3;1H3. The number of benzene rings is 12. The van der Waals surface area contributed by atoms with Gasteiger partial charge in [0.2, 0.25) is 0 Å². The van der Waals surface area contributed by atoms with Crippen molar-refractivity contribution in [3.63, 3.8) is 0 Å². The molecule has 118 heavy (non-hydrogen) atoms. The van der Waals surface area contributed by atoms with Gasteiger partial charge in [-0.1, -0.05) is 467 Å². The number of rotatable bonds is 2. The van der Waals surface area contributed by atoms with E-state index < -0.39 is 29.9 Å². The highest BCUT2D eigenvalue weighted by Gasteiger charge is 2.22. The molecule has 0 aliphatic carbocycles. The summed E-state index contributed by atoms with van der Waals surface area (Å²) >= 11 is 7.58. The maximum absolute atomic E-state index is 10.8. The zero-order valence-electron chi connectivity index (χ0n) is 74.9. The molecule has 16 heteroatoms. The molecule has 0 aliphatic heterocycles. The normalized spacial score (nSPS) is 8.78. The van der Waals surface area contributed by atoms with E-state index >= 15 is 0 Å². The summed E-state index contributed by atoms with van der Waals surface area (Å²) in [5.41, 5.74) is 14.6. The quantitative estimate of drug-likeness (QED) is 0.0750. The van der Waals surface area contributed by atoms with E-state index in [1.807, 2.05) is 147 Å². The van der Waals surface area contributed by atoms with Crippen molar-refractivity contribution >= 4 is 49.1 Å². The molecule has 0 bridgehead atoms. The smallest absolute Gasteiger partial charge is 0.265 e. The van der Waals surface area contributed by atoms with Crippen LogP contribution < -0.4 is 0 Å². The minimum Gasteiger partial charge on any atom is -0.265 e. The maximum Gasteiger partial charge on any atom is 0.388 e. The van der Waals surface area contributed by atoms with Crippen LogP contribution in [0.15, 0.2) is 322 Å². The molecule has 0 unspecified atom stereocenters. The van der Waals surface area contributed by atoms with E-state index in [0.717, 1.165) is 14.0 Å². The van der Waals surface area contributed by atoms with Crippen LogP contribution in [0.5, 0.6) is 0 Å². The zero-order chi connectivity index (χ0) is 92.5. The van der Waals surface area contributed by atoms with Gasteiger partial charge in [-0.25, -0.2) is 0 Å². The van der Waals surface area contributed by atoms with Gasteiger partial charge in [-0.3, -0.25) is 14.5 Å². The molecule has 12 aromatic rings. The number of hydrogen-bond acceptors (Lipinski definition) is 3. The molecule has 0 heterocycles. The average Bonchev–Trinajstić information content (AvgIpc) is 0.848. The number of alkyl halides is 12. The third-order valence-corrected chi connectivity index (χ3v) is 12.8. The van der Waals surface area contributed by atoms with Crippen LogP contribution in [0.25, 0.3) is 21.5 Å². The lowest BCUT2D eigenvalue weighted by molar-refractivity contribution is -0.445. The van der Waals surface area contributed by atoms with Crippen LogP contribution in [0.2, 0.25) is 0 Å². The predicted molar refractivity (Wildman–Crippen MR) is 502 cm³/mol. The van der Waals surface area contributed by atoms with Crippen LogP contribution in [0.1, 0.15) is 163 Å². The molecular weight excluding hydrogens is 1590 g/mol. The highest BCUT2D eigenvalue weighted by Crippen LogP contribution is 2.19. The van der Waals surface area contributed by atoms with Gasteiger partial charge in [0.05, 0.1) is 13.2 Å². The van der Waals surface area contributed by atoms with Crippen molar-refractivity contribution in [1.29, 1.82) is 5.26 Å². The summed E-state index contributed by atoms with van der Waals surface area (Å²) in [7, 11) is 1.39. The first-order valence-corrected chi connectivity index (χ1v) is 40.9. The largest absolute Gasteiger partial charge is 0.388 e. The Morgan fingerprint density at radius 3 is 0.695 bits per heavy atom. The number of nitro groups is 1. The lowest BCUT2D eigenvalue weighted by Gasteiger charge is -1.98. The van der Waals surface area contributed by atoms with Gasteiger partial charge in [-0.2, -0.15) is 44.8 Å². The number of hydrogen-bond donors (Lipinski definition) is 0. The number of fused-ring (bicyclic) bond motifs is 2. The predicted octanol–water partition coefficient (Wildman–Crippen LogP) is 35.2. The lowest BCUT2D eigenvalue weighted by atomic mass is 10.1. The molecule has 0 spiro atoms. The van der Waals surface area contributed by atoms with Gasteiger partial charge in [-0.05, 0) is 109 Å². The van der Waals surface area contributed by atoms with E-state index in [9.17, 15) is 43.9 Å². The van der Waals surface area contributed by atoms with Crippen LogP contribution in [0.3, 0.4) is 0 Å². The maximum atomic E-state index is 10.8. The second kappa shape index (κ2) is 91.0. The molecule has 0 aromatic heterocycles. The van der Waals surface area contributed by atoms with Gasteiger partial charge in [0, 0.05) is 38.5 Å². The lowest BCUT2D eigenvalue weighted by Crippen LogP contribution is -2.02. The summed E-state index contributed by atoms with van der Waals surface area (Å²) in [4.78, 5) is 8.31. The van der Waals surface area contributed by atoms with Crippen molar-refractivity contribution in [2.45, 2.75) is 196 Å².